The van der Waals surface area contributed by atoms with E-state index in [9.17, 15) is 9.59 Å². The Morgan fingerprint density at radius 3 is 1.36 bits per heavy atom. The summed E-state index contributed by atoms with van der Waals surface area (Å²) in [6, 6.07) is 16.2. The summed E-state index contributed by atoms with van der Waals surface area (Å²) < 4.78 is 5.33. The Morgan fingerprint density at radius 1 is 0.640 bits per heavy atom. The number of hydrogen-bond acceptors (Lipinski definition) is 5. The van der Waals surface area contributed by atoms with Crippen LogP contribution in [-0.2, 0) is 0 Å². The maximum Gasteiger partial charge on any atom is 0.291 e. The minimum atomic E-state index is -0.462. The number of hydrogen-bond donors (Lipinski definition) is 4. The zero-order chi connectivity index (χ0) is 17.8. The fourth-order valence-electron chi connectivity index (χ4n) is 2.10. The Morgan fingerprint density at radius 2 is 1.00 bits per heavy atom. The van der Waals surface area contributed by atoms with Gasteiger partial charge in [-0.25, -0.2) is 0 Å². The number of nitrogen functional groups attached to an aromatic ring is 2. The summed E-state index contributed by atoms with van der Waals surface area (Å²) in [4.78, 5) is 24.3. The molecule has 0 saturated heterocycles. The molecule has 0 aliphatic rings. The molecule has 7 nitrogen and oxygen atoms in total. The van der Waals surface area contributed by atoms with Crippen LogP contribution in [0.1, 0.15) is 21.1 Å². The first-order valence-corrected chi connectivity index (χ1v) is 7.45. The third kappa shape index (κ3) is 3.97. The van der Waals surface area contributed by atoms with Crippen LogP contribution >= 0.6 is 0 Å². The number of carbonyl (C=O) groups is 2. The molecule has 0 aliphatic carbocycles. The summed E-state index contributed by atoms with van der Waals surface area (Å²) in [7, 11) is 0. The lowest BCUT2D eigenvalue weighted by Gasteiger charge is -2.04. The molecule has 1 heterocycles. The van der Waals surface area contributed by atoms with Crippen LogP contribution in [0.4, 0.5) is 22.7 Å². The van der Waals surface area contributed by atoms with E-state index in [1.54, 1.807) is 48.5 Å². The summed E-state index contributed by atoms with van der Waals surface area (Å²) in [6.07, 6.45) is 0. The molecule has 0 radical (unpaired) electrons. The van der Waals surface area contributed by atoms with Crippen LogP contribution in [0, 0.1) is 0 Å². The molecule has 0 spiro atoms. The van der Waals surface area contributed by atoms with Crippen LogP contribution in [0.3, 0.4) is 0 Å². The van der Waals surface area contributed by atoms with Gasteiger partial charge in [0.15, 0.2) is 11.5 Å². The highest BCUT2D eigenvalue weighted by Gasteiger charge is 2.16. The molecular formula is C18H16N4O3. The van der Waals surface area contributed by atoms with E-state index in [0.717, 1.165) is 0 Å². The maximum atomic E-state index is 12.1. The van der Waals surface area contributed by atoms with Gasteiger partial charge in [-0.2, -0.15) is 0 Å². The number of furan rings is 1. The highest BCUT2D eigenvalue weighted by Crippen LogP contribution is 2.16. The minimum Gasteiger partial charge on any atom is -0.446 e. The fourth-order valence-corrected chi connectivity index (χ4v) is 2.10. The first-order valence-electron chi connectivity index (χ1n) is 7.45. The number of rotatable bonds is 4. The van der Waals surface area contributed by atoms with Gasteiger partial charge in [0.05, 0.1) is 0 Å². The molecule has 25 heavy (non-hydrogen) atoms. The van der Waals surface area contributed by atoms with Crippen LogP contribution in [-0.4, -0.2) is 11.8 Å². The van der Waals surface area contributed by atoms with E-state index in [-0.39, 0.29) is 11.5 Å². The zero-order valence-corrected chi connectivity index (χ0v) is 13.2. The average Bonchev–Trinajstić information content (AvgIpc) is 3.09. The quantitative estimate of drug-likeness (QED) is 0.545. The highest BCUT2D eigenvalue weighted by molar-refractivity contribution is 6.05. The van der Waals surface area contributed by atoms with Crippen molar-refractivity contribution in [2.75, 3.05) is 22.1 Å². The number of nitrogens with two attached hydrogens (primary N) is 2. The van der Waals surface area contributed by atoms with Crippen LogP contribution < -0.4 is 22.1 Å². The first kappa shape index (κ1) is 16.1. The Balaban J connectivity index is 1.66. The Labute approximate surface area is 143 Å². The van der Waals surface area contributed by atoms with Gasteiger partial charge >= 0.3 is 0 Å². The van der Waals surface area contributed by atoms with E-state index in [1.807, 2.05) is 0 Å². The van der Waals surface area contributed by atoms with Crippen LogP contribution in [0.25, 0.3) is 0 Å². The molecule has 0 unspecified atom stereocenters. The average molecular weight is 336 g/mol. The number of benzene rings is 2. The lowest BCUT2D eigenvalue weighted by Crippen LogP contribution is -2.12. The lowest BCUT2D eigenvalue weighted by molar-refractivity contribution is 0.0974. The third-order valence-corrected chi connectivity index (χ3v) is 3.39. The van der Waals surface area contributed by atoms with Gasteiger partial charge in [0.2, 0.25) is 0 Å². The van der Waals surface area contributed by atoms with E-state index in [2.05, 4.69) is 10.6 Å². The number of amides is 2. The zero-order valence-electron chi connectivity index (χ0n) is 13.2. The van der Waals surface area contributed by atoms with Crippen molar-refractivity contribution in [3.05, 3.63) is 72.2 Å². The molecule has 3 rings (SSSR count). The second-order valence-electron chi connectivity index (χ2n) is 5.32. The number of anilines is 4. The van der Waals surface area contributed by atoms with E-state index < -0.39 is 11.8 Å². The second kappa shape index (κ2) is 6.79. The van der Waals surface area contributed by atoms with Crippen LogP contribution in [0.2, 0.25) is 0 Å². The predicted molar refractivity (Wildman–Crippen MR) is 96.3 cm³/mol. The fraction of sp³-hybridized carbons (Fsp3) is 0. The topological polar surface area (TPSA) is 123 Å². The lowest BCUT2D eigenvalue weighted by atomic mass is 10.3. The molecule has 0 fully saturated rings. The third-order valence-electron chi connectivity index (χ3n) is 3.39. The van der Waals surface area contributed by atoms with Crippen molar-refractivity contribution in [2.45, 2.75) is 0 Å². The largest absolute Gasteiger partial charge is 0.446 e. The van der Waals surface area contributed by atoms with Crippen LogP contribution in [0.15, 0.2) is 65.1 Å². The molecule has 126 valence electrons. The van der Waals surface area contributed by atoms with Gasteiger partial charge in [-0.15, -0.1) is 0 Å². The molecule has 3 aromatic rings. The highest BCUT2D eigenvalue weighted by atomic mass is 16.4. The second-order valence-corrected chi connectivity index (χ2v) is 5.32. The molecule has 0 bridgehead atoms. The number of carbonyl (C=O) groups excluding carboxylic acids is 2. The normalized spacial score (nSPS) is 10.2. The summed E-state index contributed by atoms with van der Waals surface area (Å²) in [5.74, 6) is -0.869. The molecule has 6 N–H and O–H groups in total. The molecule has 2 amide bonds. The summed E-state index contributed by atoms with van der Waals surface area (Å²) in [5, 5.41) is 5.32. The van der Waals surface area contributed by atoms with E-state index >= 15 is 0 Å². The van der Waals surface area contributed by atoms with Gasteiger partial charge in [0.1, 0.15) is 0 Å². The van der Waals surface area contributed by atoms with E-state index in [4.69, 9.17) is 15.9 Å². The van der Waals surface area contributed by atoms with Crippen molar-refractivity contribution in [3.8, 4) is 0 Å². The van der Waals surface area contributed by atoms with Crippen molar-refractivity contribution in [1.29, 1.82) is 0 Å². The molecule has 2 aromatic carbocycles. The van der Waals surface area contributed by atoms with Crippen molar-refractivity contribution in [2.24, 2.45) is 0 Å². The number of nitrogens with one attached hydrogen (secondary N) is 2. The van der Waals surface area contributed by atoms with Crippen molar-refractivity contribution in [1.82, 2.24) is 0 Å². The van der Waals surface area contributed by atoms with Crippen molar-refractivity contribution in [3.63, 3.8) is 0 Å². The monoisotopic (exact) mass is 336 g/mol. The first-order chi connectivity index (χ1) is 12.0. The standard InChI is InChI=1S/C18H16N4O3/c19-11-1-5-13(6-2-11)21-17(23)15-9-10-16(25-15)18(24)22-14-7-3-12(20)4-8-14/h1-10H,19-20H2,(H,21,23)(H,22,24). The summed E-state index contributed by atoms with van der Waals surface area (Å²) >= 11 is 0. The van der Waals surface area contributed by atoms with Gasteiger partial charge in [-0.1, -0.05) is 0 Å². The molecule has 0 aliphatic heterocycles. The maximum absolute atomic E-state index is 12.1. The van der Waals surface area contributed by atoms with E-state index in [0.29, 0.717) is 22.7 Å². The Hall–Kier alpha value is -3.74. The van der Waals surface area contributed by atoms with Crippen molar-refractivity contribution >= 4 is 34.6 Å². The summed E-state index contributed by atoms with van der Waals surface area (Å²) in [5.41, 5.74) is 13.5. The van der Waals surface area contributed by atoms with Gasteiger partial charge in [-0.05, 0) is 60.7 Å². The van der Waals surface area contributed by atoms with E-state index in [1.165, 1.54) is 12.1 Å². The molecular weight excluding hydrogens is 320 g/mol. The Bertz CT molecular complexity index is 825. The van der Waals surface area contributed by atoms with Gasteiger partial charge < -0.3 is 26.5 Å². The van der Waals surface area contributed by atoms with Crippen molar-refractivity contribution < 1.29 is 14.0 Å². The molecule has 7 heteroatoms. The summed E-state index contributed by atoms with van der Waals surface area (Å²) in [6.45, 7) is 0. The van der Waals surface area contributed by atoms with Gasteiger partial charge in [0, 0.05) is 22.7 Å². The van der Waals surface area contributed by atoms with Crippen LogP contribution in [0.5, 0.6) is 0 Å². The molecule has 0 saturated carbocycles. The van der Waals surface area contributed by atoms with Gasteiger partial charge in [-0.3, -0.25) is 9.59 Å². The van der Waals surface area contributed by atoms with Gasteiger partial charge in [0.25, 0.3) is 11.8 Å². The minimum absolute atomic E-state index is 0.0271. The molecule has 0 atom stereocenters. The predicted octanol–water partition coefficient (Wildman–Crippen LogP) is 2.95. The Kier molecular flexibility index (Phi) is 4.38. The molecule has 1 aromatic heterocycles. The SMILES string of the molecule is Nc1ccc(NC(=O)c2ccc(C(=O)Nc3ccc(N)cc3)o2)cc1. The smallest absolute Gasteiger partial charge is 0.291 e.